The summed E-state index contributed by atoms with van der Waals surface area (Å²) in [4.78, 5) is 11.2. The van der Waals surface area contributed by atoms with Crippen molar-refractivity contribution in [1.29, 1.82) is 0 Å². The Labute approximate surface area is 102 Å². The van der Waals surface area contributed by atoms with Crippen LogP contribution in [0.3, 0.4) is 0 Å². The van der Waals surface area contributed by atoms with Crippen molar-refractivity contribution in [3.8, 4) is 0 Å². The van der Waals surface area contributed by atoms with E-state index in [1.165, 1.54) is 31.2 Å². The Hall–Kier alpha value is -1.16. The fourth-order valence-corrected chi connectivity index (χ4v) is 2.60. The highest BCUT2D eigenvalue weighted by Gasteiger charge is 2.23. The third kappa shape index (κ3) is 2.14. The molecule has 2 heterocycles. The number of hydrogen-bond acceptors (Lipinski definition) is 4. The van der Waals surface area contributed by atoms with E-state index >= 15 is 0 Å². The predicted octanol–water partition coefficient (Wildman–Crippen LogP) is 1.54. The second-order valence-corrected chi connectivity index (χ2v) is 5.20. The van der Waals surface area contributed by atoms with Crippen molar-refractivity contribution in [2.75, 3.05) is 25.0 Å². The predicted molar refractivity (Wildman–Crippen MR) is 68.3 cm³/mol. The van der Waals surface area contributed by atoms with Gasteiger partial charge in [0, 0.05) is 32.0 Å². The van der Waals surface area contributed by atoms with E-state index in [-0.39, 0.29) is 0 Å². The Bertz CT molecular complexity index is 366. The monoisotopic (exact) mass is 232 g/mol. The summed E-state index contributed by atoms with van der Waals surface area (Å²) in [5.74, 6) is 1.59. The second kappa shape index (κ2) is 4.61. The average Bonchev–Trinajstić information content (AvgIpc) is 2.80. The van der Waals surface area contributed by atoms with Gasteiger partial charge in [-0.25, -0.2) is 9.97 Å². The minimum Gasteiger partial charge on any atom is -0.340 e. The molecule has 92 valence electrons. The van der Waals surface area contributed by atoms with Gasteiger partial charge in [0.1, 0.15) is 0 Å². The van der Waals surface area contributed by atoms with Crippen molar-refractivity contribution >= 4 is 5.95 Å². The topological polar surface area (TPSA) is 41.1 Å². The molecule has 4 heteroatoms. The van der Waals surface area contributed by atoms with Crippen LogP contribution in [-0.4, -0.2) is 36.1 Å². The van der Waals surface area contributed by atoms with Crippen molar-refractivity contribution in [3.63, 3.8) is 0 Å². The molecule has 1 aromatic heterocycles. The summed E-state index contributed by atoms with van der Waals surface area (Å²) >= 11 is 0. The summed E-state index contributed by atoms with van der Waals surface area (Å²) in [6.07, 6.45) is 9.20. The van der Waals surface area contributed by atoms with E-state index < -0.39 is 0 Å². The molecule has 2 aliphatic rings. The van der Waals surface area contributed by atoms with Crippen LogP contribution in [0.1, 0.15) is 37.2 Å². The molecule has 0 aromatic carbocycles. The molecule has 1 saturated heterocycles. The molecule has 0 radical (unpaired) electrons. The lowest BCUT2D eigenvalue weighted by atomic mass is 9.81. The van der Waals surface area contributed by atoms with E-state index in [0.29, 0.717) is 6.04 Å². The molecular formula is C13H20N4. The summed E-state index contributed by atoms with van der Waals surface area (Å²) in [5, 5.41) is 3.37. The lowest BCUT2D eigenvalue weighted by Gasteiger charge is -2.27. The number of nitrogens with zero attached hydrogens (tertiary/aromatic N) is 3. The quantitative estimate of drug-likeness (QED) is 0.858. The van der Waals surface area contributed by atoms with Crippen LogP contribution in [-0.2, 0) is 0 Å². The number of rotatable bonds is 3. The lowest BCUT2D eigenvalue weighted by molar-refractivity contribution is 0.417. The highest BCUT2D eigenvalue weighted by atomic mass is 15.3. The first-order chi connectivity index (χ1) is 8.34. The van der Waals surface area contributed by atoms with Gasteiger partial charge in [-0.2, -0.15) is 0 Å². The maximum atomic E-state index is 4.51. The fourth-order valence-electron chi connectivity index (χ4n) is 2.60. The van der Waals surface area contributed by atoms with Gasteiger partial charge in [-0.1, -0.05) is 6.42 Å². The van der Waals surface area contributed by atoms with Gasteiger partial charge in [0.15, 0.2) is 0 Å². The van der Waals surface area contributed by atoms with E-state index in [2.05, 4.69) is 27.2 Å². The van der Waals surface area contributed by atoms with Gasteiger partial charge in [0.2, 0.25) is 5.95 Å². The molecule has 4 nitrogen and oxygen atoms in total. The van der Waals surface area contributed by atoms with Gasteiger partial charge in [-0.15, -0.1) is 0 Å². The third-order valence-corrected chi connectivity index (χ3v) is 4.13. The smallest absolute Gasteiger partial charge is 0.225 e. The zero-order chi connectivity index (χ0) is 11.7. The molecule has 1 atom stereocenters. The van der Waals surface area contributed by atoms with Crippen LogP contribution in [0.15, 0.2) is 12.4 Å². The molecule has 2 fully saturated rings. The summed E-state index contributed by atoms with van der Waals surface area (Å²) < 4.78 is 0. The Morgan fingerprint density at radius 3 is 2.53 bits per heavy atom. The number of anilines is 1. The average molecular weight is 232 g/mol. The summed E-state index contributed by atoms with van der Waals surface area (Å²) in [7, 11) is 2.09. The van der Waals surface area contributed by atoms with Crippen LogP contribution in [0.25, 0.3) is 0 Å². The minimum absolute atomic E-state index is 0.546. The van der Waals surface area contributed by atoms with Gasteiger partial charge in [0.05, 0.1) is 0 Å². The summed E-state index contributed by atoms with van der Waals surface area (Å²) in [5.41, 5.74) is 1.32. The lowest BCUT2D eigenvalue weighted by Crippen LogP contribution is -2.34. The molecule has 1 aromatic rings. The number of likely N-dealkylation sites (N-methyl/N-ethyl adjacent to an activating group) is 1. The van der Waals surface area contributed by atoms with Gasteiger partial charge in [-0.3, -0.25) is 0 Å². The van der Waals surface area contributed by atoms with Crippen molar-refractivity contribution < 1.29 is 0 Å². The summed E-state index contributed by atoms with van der Waals surface area (Å²) in [6, 6.07) is 0.546. The summed E-state index contributed by atoms with van der Waals surface area (Å²) in [6.45, 7) is 2.15. The Morgan fingerprint density at radius 2 is 2.00 bits per heavy atom. The Morgan fingerprint density at radius 1 is 1.24 bits per heavy atom. The van der Waals surface area contributed by atoms with Crippen LogP contribution in [0.4, 0.5) is 5.95 Å². The molecule has 17 heavy (non-hydrogen) atoms. The first kappa shape index (κ1) is 11.0. The zero-order valence-electron chi connectivity index (χ0n) is 10.4. The molecule has 0 spiro atoms. The molecule has 1 unspecified atom stereocenters. The van der Waals surface area contributed by atoms with E-state index in [0.717, 1.165) is 25.0 Å². The van der Waals surface area contributed by atoms with Crippen LogP contribution in [0.2, 0.25) is 0 Å². The molecule has 1 aliphatic heterocycles. The Balaban J connectivity index is 1.69. The maximum Gasteiger partial charge on any atom is 0.225 e. The molecule has 1 aliphatic carbocycles. The number of nitrogens with one attached hydrogen (secondary N) is 1. The highest BCUT2D eigenvalue weighted by molar-refractivity contribution is 5.32. The number of aromatic nitrogens is 2. The van der Waals surface area contributed by atoms with Crippen molar-refractivity contribution in [2.45, 2.75) is 37.6 Å². The SMILES string of the molecule is CN(c1ncc(C2CCC2)cn1)C1CCNC1. The molecular weight excluding hydrogens is 212 g/mol. The molecule has 1 saturated carbocycles. The molecule has 0 bridgehead atoms. The largest absolute Gasteiger partial charge is 0.340 e. The fraction of sp³-hybridized carbons (Fsp3) is 0.692. The van der Waals surface area contributed by atoms with Crippen molar-refractivity contribution in [2.24, 2.45) is 0 Å². The molecule has 3 rings (SSSR count). The standard InChI is InChI=1S/C13H20N4/c1-17(12-5-6-14-9-12)13-15-7-11(8-16-13)10-3-2-4-10/h7-8,10,12,14H,2-6,9H2,1H3. The van der Waals surface area contributed by atoms with Crippen molar-refractivity contribution in [1.82, 2.24) is 15.3 Å². The normalized spacial score (nSPS) is 24.6. The van der Waals surface area contributed by atoms with E-state index in [1.54, 1.807) is 0 Å². The van der Waals surface area contributed by atoms with Crippen LogP contribution in [0.5, 0.6) is 0 Å². The van der Waals surface area contributed by atoms with E-state index in [4.69, 9.17) is 0 Å². The highest BCUT2D eigenvalue weighted by Crippen LogP contribution is 2.35. The minimum atomic E-state index is 0.546. The van der Waals surface area contributed by atoms with Gasteiger partial charge in [-0.05, 0) is 37.3 Å². The van der Waals surface area contributed by atoms with E-state index in [9.17, 15) is 0 Å². The molecule has 0 amide bonds. The van der Waals surface area contributed by atoms with Crippen LogP contribution < -0.4 is 10.2 Å². The number of hydrogen-bond donors (Lipinski definition) is 1. The first-order valence-corrected chi connectivity index (χ1v) is 6.60. The zero-order valence-corrected chi connectivity index (χ0v) is 10.4. The maximum absolute atomic E-state index is 4.51. The van der Waals surface area contributed by atoms with Crippen molar-refractivity contribution in [3.05, 3.63) is 18.0 Å². The molecule has 1 N–H and O–H groups in total. The van der Waals surface area contributed by atoms with Gasteiger partial charge < -0.3 is 10.2 Å². The second-order valence-electron chi connectivity index (χ2n) is 5.20. The third-order valence-electron chi connectivity index (χ3n) is 4.13. The van der Waals surface area contributed by atoms with Gasteiger partial charge in [0.25, 0.3) is 0 Å². The van der Waals surface area contributed by atoms with Gasteiger partial charge >= 0.3 is 0 Å². The first-order valence-electron chi connectivity index (χ1n) is 6.60. The van der Waals surface area contributed by atoms with E-state index in [1.807, 2.05) is 12.4 Å². The Kier molecular flexibility index (Phi) is 2.97. The van der Waals surface area contributed by atoms with Crippen LogP contribution in [0, 0.1) is 0 Å². The van der Waals surface area contributed by atoms with Crippen LogP contribution >= 0.6 is 0 Å².